The van der Waals surface area contributed by atoms with Gasteiger partial charge in [0.2, 0.25) is 0 Å². The minimum Gasteiger partial charge on any atom is -0.388 e. The molecule has 0 amide bonds. The predicted molar refractivity (Wildman–Crippen MR) is 75.3 cm³/mol. The summed E-state index contributed by atoms with van der Waals surface area (Å²) in [6.45, 7) is 2.02. The van der Waals surface area contributed by atoms with Crippen molar-refractivity contribution < 1.29 is 9.50 Å². The van der Waals surface area contributed by atoms with E-state index in [1.165, 1.54) is 6.07 Å². The molecule has 0 saturated heterocycles. The molecule has 3 nitrogen and oxygen atoms in total. The molecule has 1 heterocycles. The number of halogens is 2. The molecule has 1 unspecified atom stereocenters. The molecule has 2 aromatic rings. The molecular formula is C14H16BrFN2O. The van der Waals surface area contributed by atoms with Gasteiger partial charge in [0.05, 0.1) is 11.8 Å². The van der Waals surface area contributed by atoms with E-state index in [-0.39, 0.29) is 0 Å². The van der Waals surface area contributed by atoms with Crippen LogP contribution >= 0.6 is 15.9 Å². The summed E-state index contributed by atoms with van der Waals surface area (Å²) < 4.78 is 16.2. The molecule has 1 atom stereocenters. The first kappa shape index (κ1) is 14.2. The first-order valence-electron chi connectivity index (χ1n) is 6.16. The van der Waals surface area contributed by atoms with Crippen molar-refractivity contribution in [1.29, 1.82) is 0 Å². The Balaban J connectivity index is 2.20. The Morgan fingerprint density at radius 3 is 2.74 bits per heavy atom. The second-order valence-corrected chi connectivity index (χ2v) is 5.41. The van der Waals surface area contributed by atoms with Gasteiger partial charge in [-0.3, -0.25) is 4.68 Å². The number of aryl methyl sites for hydroxylation is 2. The SMILES string of the molecule is CCc1cc(CC(O)c2ccc(Br)cc2F)n(C)n1. The number of benzene rings is 1. The molecule has 0 saturated carbocycles. The van der Waals surface area contributed by atoms with Crippen LogP contribution in [0, 0.1) is 5.82 Å². The van der Waals surface area contributed by atoms with E-state index >= 15 is 0 Å². The molecule has 0 aliphatic heterocycles. The predicted octanol–water partition coefficient (Wildman–Crippen LogP) is 3.16. The van der Waals surface area contributed by atoms with Gasteiger partial charge in [0.15, 0.2) is 0 Å². The lowest BCUT2D eigenvalue weighted by atomic mass is 10.0. The number of rotatable bonds is 4. The van der Waals surface area contributed by atoms with Crippen molar-refractivity contribution in [2.75, 3.05) is 0 Å². The zero-order valence-electron chi connectivity index (χ0n) is 10.9. The molecule has 2 rings (SSSR count). The Bertz CT molecular complexity index is 583. The summed E-state index contributed by atoms with van der Waals surface area (Å²) in [5, 5.41) is 14.5. The minimum atomic E-state index is -0.867. The number of hydrogen-bond acceptors (Lipinski definition) is 2. The maximum absolute atomic E-state index is 13.8. The third-order valence-electron chi connectivity index (χ3n) is 3.11. The molecule has 0 radical (unpaired) electrons. The van der Waals surface area contributed by atoms with Crippen LogP contribution in [0.4, 0.5) is 4.39 Å². The molecule has 102 valence electrons. The van der Waals surface area contributed by atoms with Crippen molar-refractivity contribution in [2.45, 2.75) is 25.9 Å². The Kier molecular flexibility index (Phi) is 4.37. The van der Waals surface area contributed by atoms with Gasteiger partial charge in [0.1, 0.15) is 5.82 Å². The molecular weight excluding hydrogens is 311 g/mol. The first-order valence-corrected chi connectivity index (χ1v) is 6.95. The van der Waals surface area contributed by atoms with Gasteiger partial charge in [0.25, 0.3) is 0 Å². The Morgan fingerprint density at radius 2 is 2.16 bits per heavy atom. The highest BCUT2D eigenvalue weighted by Crippen LogP contribution is 2.24. The zero-order chi connectivity index (χ0) is 14.0. The van der Waals surface area contributed by atoms with Crippen molar-refractivity contribution in [1.82, 2.24) is 9.78 Å². The summed E-state index contributed by atoms with van der Waals surface area (Å²) >= 11 is 3.20. The lowest BCUT2D eigenvalue weighted by molar-refractivity contribution is 0.171. The first-order chi connectivity index (χ1) is 9.01. The van der Waals surface area contributed by atoms with E-state index < -0.39 is 11.9 Å². The van der Waals surface area contributed by atoms with Crippen molar-refractivity contribution >= 4 is 15.9 Å². The van der Waals surface area contributed by atoms with Gasteiger partial charge < -0.3 is 5.11 Å². The van der Waals surface area contributed by atoms with E-state index in [0.29, 0.717) is 16.5 Å². The second kappa shape index (κ2) is 5.84. The summed E-state index contributed by atoms with van der Waals surface area (Å²) in [5.74, 6) is -0.403. The van der Waals surface area contributed by atoms with Crippen LogP contribution in [0.1, 0.15) is 30.0 Å². The number of aliphatic hydroxyl groups excluding tert-OH is 1. The van der Waals surface area contributed by atoms with Crippen LogP contribution in [-0.2, 0) is 19.9 Å². The van der Waals surface area contributed by atoms with Crippen LogP contribution < -0.4 is 0 Å². The molecule has 5 heteroatoms. The van der Waals surface area contributed by atoms with E-state index in [4.69, 9.17) is 0 Å². The largest absolute Gasteiger partial charge is 0.388 e. The van der Waals surface area contributed by atoms with Crippen LogP contribution in [0.2, 0.25) is 0 Å². The van der Waals surface area contributed by atoms with Crippen LogP contribution in [-0.4, -0.2) is 14.9 Å². The van der Waals surface area contributed by atoms with E-state index in [1.54, 1.807) is 16.8 Å². The average Bonchev–Trinajstić information content (AvgIpc) is 2.70. The zero-order valence-corrected chi connectivity index (χ0v) is 12.5. The number of hydrogen-bond donors (Lipinski definition) is 1. The number of aromatic nitrogens is 2. The van der Waals surface area contributed by atoms with Crippen LogP contribution in [0.5, 0.6) is 0 Å². The third kappa shape index (κ3) is 3.22. The summed E-state index contributed by atoms with van der Waals surface area (Å²) in [4.78, 5) is 0. The van der Waals surface area contributed by atoms with E-state index in [9.17, 15) is 9.50 Å². The second-order valence-electron chi connectivity index (χ2n) is 4.49. The quantitative estimate of drug-likeness (QED) is 0.937. The van der Waals surface area contributed by atoms with Gasteiger partial charge in [-0.15, -0.1) is 0 Å². The molecule has 1 aromatic heterocycles. The average molecular weight is 327 g/mol. The van der Waals surface area contributed by atoms with Crippen molar-refractivity contribution in [3.05, 3.63) is 51.5 Å². The Labute approximate surface area is 120 Å². The molecule has 1 N–H and O–H groups in total. The highest BCUT2D eigenvalue weighted by molar-refractivity contribution is 9.10. The third-order valence-corrected chi connectivity index (χ3v) is 3.61. The van der Waals surface area contributed by atoms with E-state index in [1.807, 2.05) is 20.0 Å². The summed E-state index contributed by atoms with van der Waals surface area (Å²) in [5.41, 5.74) is 2.18. The fraction of sp³-hybridized carbons (Fsp3) is 0.357. The van der Waals surface area contributed by atoms with Gasteiger partial charge in [-0.05, 0) is 24.6 Å². The maximum Gasteiger partial charge on any atom is 0.130 e. The number of aliphatic hydroxyl groups is 1. The summed E-state index contributed by atoms with van der Waals surface area (Å²) in [6, 6.07) is 6.63. The van der Waals surface area contributed by atoms with E-state index in [2.05, 4.69) is 21.0 Å². The minimum absolute atomic E-state index is 0.308. The van der Waals surface area contributed by atoms with Crippen LogP contribution in [0.15, 0.2) is 28.7 Å². The Morgan fingerprint density at radius 1 is 1.42 bits per heavy atom. The monoisotopic (exact) mass is 326 g/mol. The normalized spacial score (nSPS) is 12.7. The molecule has 1 aromatic carbocycles. The van der Waals surface area contributed by atoms with Gasteiger partial charge >= 0.3 is 0 Å². The van der Waals surface area contributed by atoms with Crippen LogP contribution in [0.25, 0.3) is 0 Å². The van der Waals surface area contributed by atoms with Crippen molar-refractivity contribution in [3.8, 4) is 0 Å². The van der Waals surface area contributed by atoms with Gasteiger partial charge in [-0.25, -0.2) is 4.39 Å². The summed E-state index contributed by atoms with van der Waals surface area (Å²) in [6.07, 6.45) is 0.326. The number of nitrogens with zero attached hydrogens (tertiary/aromatic N) is 2. The van der Waals surface area contributed by atoms with E-state index in [0.717, 1.165) is 17.8 Å². The Hall–Kier alpha value is -1.20. The highest BCUT2D eigenvalue weighted by Gasteiger charge is 2.16. The molecule has 0 aliphatic carbocycles. The lowest BCUT2D eigenvalue weighted by Crippen LogP contribution is -2.08. The van der Waals surface area contributed by atoms with Gasteiger partial charge in [0, 0.05) is 29.2 Å². The standard InChI is InChI=1S/C14H16BrFN2O/c1-3-10-7-11(18(2)17-10)8-14(19)12-5-4-9(15)6-13(12)16/h4-7,14,19H,3,8H2,1-2H3. The van der Waals surface area contributed by atoms with Crippen molar-refractivity contribution in [2.24, 2.45) is 7.05 Å². The molecule has 0 bridgehead atoms. The lowest BCUT2D eigenvalue weighted by Gasteiger charge is -2.12. The van der Waals surface area contributed by atoms with Gasteiger partial charge in [-0.2, -0.15) is 5.10 Å². The molecule has 0 fully saturated rings. The summed E-state index contributed by atoms with van der Waals surface area (Å²) in [7, 11) is 1.83. The topological polar surface area (TPSA) is 38.0 Å². The fourth-order valence-electron chi connectivity index (χ4n) is 2.02. The molecule has 0 aliphatic rings. The van der Waals surface area contributed by atoms with Crippen LogP contribution in [0.3, 0.4) is 0 Å². The molecule has 0 spiro atoms. The van der Waals surface area contributed by atoms with Crippen molar-refractivity contribution in [3.63, 3.8) is 0 Å². The highest BCUT2D eigenvalue weighted by atomic mass is 79.9. The fourth-order valence-corrected chi connectivity index (χ4v) is 2.35. The molecule has 19 heavy (non-hydrogen) atoms. The van der Waals surface area contributed by atoms with Gasteiger partial charge in [-0.1, -0.05) is 28.9 Å². The maximum atomic E-state index is 13.8. The smallest absolute Gasteiger partial charge is 0.130 e.